The average molecular weight is 401 g/mol. The standard InChI is InChI=1S/C15H17BrN2O4S/c1-7-12(14(19)22-4)13(18-15(23)17-7)8-5-10(20-2)11(21-3)6-9(8)16/h5-6,13H,1-4H3,(H2,17,18,23). The molecule has 1 heterocycles. The Morgan fingerprint density at radius 2 is 1.83 bits per heavy atom. The second-order valence-corrected chi connectivity index (χ2v) is 6.05. The maximum atomic E-state index is 12.2. The Bertz CT molecular complexity index is 690. The molecule has 0 saturated carbocycles. The molecule has 0 fully saturated rings. The van der Waals surface area contributed by atoms with Crippen LogP contribution in [0.4, 0.5) is 0 Å². The zero-order valence-electron chi connectivity index (χ0n) is 13.2. The highest BCUT2D eigenvalue weighted by Crippen LogP contribution is 2.39. The van der Waals surface area contributed by atoms with Crippen molar-refractivity contribution < 1.29 is 19.0 Å². The molecular formula is C15H17BrN2O4S. The molecule has 23 heavy (non-hydrogen) atoms. The van der Waals surface area contributed by atoms with Gasteiger partial charge < -0.3 is 24.8 Å². The molecule has 0 spiro atoms. The van der Waals surface area contributed by atoms with E-state index in [1.165, 1.54) is 7.11 Å². The van der Waals surface area contributed by atoms with E-state index in [1.54, 1.807) is 33.3 Å². The van der Waals surface area contributed by atoms with Crippen LogP contribution in [0.15, 0.2) is 27.9 Å². The van der Waals surface area contributed by atoms with Gasteiger partial charge >= 0.3 is 5.97 Å². The zero-order valence-corrected chi connectivity index (χ0v) is 15.6. The third kappa shape index (κ3) is 3.42. The van der Waals surface area contributed by atoms with E-state index in [-0.39, 0.29) is 0 Å². The van der Waals surface area contributed by atoms with Crippen LogP contribution in [0, 0.1) is 0 Å². The third-order valence-electron chi connectivity index (χ3n) is 3.49. The fraction of sp³-hybridized carbons (Fsp3) is 0.333. The highest BCUT2D eigenvalue weighted by molar-refractivity contribution is 9.10. The van der Waals surface area contributed by atoms with Crippen molar-refractivity contribution >= 4 is 39.2 Å². The van der Waals surface area contributed by atoms with Crippen molar-refractivity contribution in [2.75, 3.05) is 21.3 Å². The molecule has 1 aromatic rings. The van der Waals surface area contributed by atoms with E-state index in [0.29, 0.717) is 27.9 Å². The predicted molar refractivity (Wildman–Crippen MR) is 93.6 cm³/mol. The lowest BCUT2D eigenvalue weighted by molar-refractivity contribution is -0.136. The number of halogens is 1. The van der Waals surface area contributed by atoms with Crippen LogP contribution < -0.4 is 20.1 Å². The molecule has 1 aliphatic rings. The zero-order chi connectivity index (χ0) is 17.1. The van der Waals surface area contributed by atoms with E-state index < -0.39 is 12.0 Å². The Kier molecular flexibility index (Phi) is 5.48. The number of hydrogen-bond donors (Lipinski definition) is 2. The molecule has 1 aliphatic heterocycles. The van der Waals surface area contributed by atoms with Crippen LogP contribution in [0.1, 0.15) is 18.5 Å². The maximum absolute atomic E-state index is 12.2. The minimum Gasteiger partial charge on any atom is -0.493 e. The van der Waals surface area contributed by atoms with Gasteiger partial charge in [-0.25, -0.2) is 4.79 Å². The van der Waals surface area contributed by atoms with E-state index in [1.807, 2.05) is 0 Å². The molecule has 0 radical (unpaired) electrons. The fourth-order valence-corrected chi connectivity index (χ4v) is 3.22. The van der Waals surface area contributed by atoms with Crippen LogP contribution in [0.5, 0.6) is 11.5 Å². The number of benzene rings is 1. The average Bonchev–Trinajstić information content (AvgIpc) is 2.53. The number of thiocarbonyl (C=S) groups is 1. The van der Waals surface area contributed by atoms with Gasteiger partial charge in [-0.3, -0.25) is 0 Å². The van der Waals surface area contributed by atoms with Gasteiger partial charge in [0.15, 0.2) is 16.6 Å². The first-order chi connectivity index (χ1) is 10.9. The minimum atomic E-state index is -0.467. The summed E-state index contributed by atoms with van der Waals surface area (Å²) in [5.41, 5.74) is 1.88. The second kappa shape index (κ2) is 7.18. The molecule has 6 nitrogen and oxygen atoms in total. The summed E-state index contributed by atoms with van der Waals surface area (Å²) in [6, 6.07) is 3.11. The lowest BCUT2D eigenvalue weighted by Crippen LogP contribution is -2.45. The first-order valence-electron chi connectivity index (χ1n) is 6.71. The highest BCUT2D eigenvalue weighted by atomic mass is 79.9. The Morgan fingerprint density at radius 1 is 1.22 bits per heavy atom. The molecule has 1 aromatic carbocycles. The molecule has 1 unspecified atom stereocenters. The summed E-state index contributed by atoms with van der Waals surface area (Å²) in [5.74, 6) is 0.704. The van der Waals surface area contributed by atoms with Crippen LogP contribution in [0.2, 0.25) is 0 Å². The van der Waals surface area contributed by atoms with Gasteiger partial charge in [-0.05, 0) is 36.8 Å². The Labute approximate surface area is 148 Å². The van der Waals surface area contributed by atoms with E-state index in [0.717, 1.165) is 10.0 Å². The summed E-state index contributed by atoms with van der Waals surface area (Å²) < 4.78 is 16.3. The number of carbonyl (C=O) groups is 1. The first-order valence-corrected chi connectivity index (χ1v) is 7.91. The quantitative estimate of drug-likeness (QED) is 0.593. The van der Waals surface area contributed by atoms with Crippen molar-refractivity contribution in [1.82, 2.24) is 10.6 Å². The lowest BCUT2D eigenvalue weighted by atomic mass is 9.95. The Balaban J connectivity index is 2.60. The van der Waals surface area contributed by atoms with Gasteiger partial charge in [0.05, 0.1) is 32.9 Å². The van der Waals surface area contributed by atoms with E-state index in [2.05, 4.69) is 26.6 Å². The molecular weight excluding hydrogens is 384 g/mol. The van der Waals surface area contributed by atoms with Gasteiger partial charge in [0.1, 0.15) is 0 Å². The highest BCUT2D eigenvalue weighted by Gasteiger charge is 2.32. The van der Waals surface area contributed by atoms with E-state index in [4.69, 9.17) is 26.4 Å². The van der Waals surface area contributed by atoms with Crippen molar-refractivity contribution in [3.63, 3.8) is 0 Å². The smallest absolute Gasteiger partial charge is 0.337 e. The molecule has 0 amide bonds. The Hall–Kier alpha value is -1.80. The molecule has 0 aliphatic carbocycles. The van der Waals surface area contributed by atoms with Crippen molar-refractivity contribution in [2.24, 2.45) is 0 Å². The van der Waals surface area contributed by atoms with Crippen molar-refractivity contribution in [1.29, 1.82) is 0 Å². The molecule has 2 N–H and O–H groups in total. The largest absolute Gasteiger partial charge is 0.493 e. The lowest BCUT2D eigenvalue weighted by Gasteiger charge is -2.30. The molecule has 0 bridgehead atoms. The van der Waals surface area contributed by atoms with Crippen LogP contribution >= 0.6 is 28.1 Å². The summed E-state index contributed by atoms with van der Waals surface area (Å²) in [4.78, 5) is 12.2. The van der Waals surface area contributed by atoms with Gasteiger partial charge in [-0.15, -0.1) is 0 Å². The minimum absolute atomic E-state index is 0.432. The van der Waals surface area contributed by atoms with Crippen LogP contribution in [-0.2, 0) is 9.53 Å². The number of esters is 1. The Morgan fingerprint density at radius 3 is 2.39 bits per heavy atom. The van der Waals surface area contributed by atoms with E-state index >= 15 is 0 Å². The summed E-state index contributed by atoms with van der Waals surface area (Å²) in [6.07, 6.45) is 0. The second-order valence-electron chi connectivity index (χ2n) is 4.79. The molecule has 2 rings (SSSR count). The number of carbonyl (C=O) groups excluding carboxylic acids is 1. The molecule has 8 heteroatoms. The van der Waals surface area contributed by atoms with E-state index in [9.17, 15) is 4.79 Å². The fourth-order valence-electron chi connectivity index (χ4n) is 2.40. The van der Waals surface area contributed by atoms with Crippen molar-refractivity contribution in [3.05, 3.63) is 33.4 Å². The summed E-state index contributed by atoms with van der Waals surface area (Å²) >= 11 is 8.72. The number of ether oxygens (including phenoxy) is 3. The van der Waals surface area contributed by atoms with Crippen LogP contribution in [0.25, 0.3) is 0 Å². The number of rotatable bonds is 4. The summed E-state index contributed by atoms with van der Waals surface area (Å²) in [6.45, 7) is 1.78. The maximum Gasteiger partial charge on any atom is 0.337 e. The SMILES string of the molecule is COC(=O)C1=C(C)NC(=S)NC1c1cc(OC)c(OC)cc1Br. The van der Waals surface area contributed by atoms with Crippen molar-refractivity contribution in [2.45, 2.75) is 13.0 Å². The molecule has 124 valence electrons. The van der Waals surface area contributed by atoms with Crippen molar-refractivity contribution in [3.8, 4) is 11.5 Å². The number of allylic oxidation sites excluding steroid dienone is 1. The number of hydrogen-bond acceptors (Lipinski definition) is 5. The van der Waals surface area contributed by atoms with Gasteiger partial charge in [0.2, 0.25) is 0 Å². The molecule has 1 atom stereocenters. The monoisotopic (exact) mass is 400 g/mol. The number of methoxy groups -OCH3 is 3. The summed E-state index contributed by atoms with van der Waals surface area (Å²) in [5, 5.41) is 6.47. The first kappa shape index (κ1) is 17.6. The topological polar surface area (TPSA) is 68.8 Å². The van der Waals surface area contributed by atoms with Gasteiger partial charge in [-0.2, -0.15) is 0 Å². The number of nitrogens with one attached hydrogen (secondary N) is 2. The molecule has 0 aromatic heterocycles. The van der Waals surface area contributed by atoms with Crippen LogP contribution in [-0.4, -0.2) is 32.4 Å². The summed E-state index contributed by atoms with van der Waals surface area (Å²) in [7, 11) is 4.46. The third-order valence-corrected chi connectivity index (χ3v) is 4.39. The van der Waals surface area contributed by atoms with Crippen LogP contribution in [0.3, 0.4) is 0 Å². The van der Waals surface area contributed by atoms with Gasteiger partial charge in [0.25, 0.3) is 0 Å². The van der Waals surface area contributed by atoms with Gasteiger partial charge in [-0.1, -0.05) is 15.9 Å². The predicted octanol–water partition coefficient (Wildman–Crippen LogP) is 2.43. The normalized spacial score (nSPS) is 17.3. The molecule has 0 saturated heterocycles. The van der Waals surface area contributed by atoms with Gasteiger partial charge in [0, 0.05) is 10.2 Å².